The Balaban J connectivity index is 2.41. The highest BCUT2D eigenvalue weighted by Crippen LogP contribution is 2.28. The highest BCUT2D eigenvalue weighted by molar-refractivity contribution is 7.85. The van der Waals surface area contributed by atoms with Crippen LogP contribution in [-0.2, 0) is 21.6 Å². The van der Waals surface area contributed by atoms with Crippen LogP contribution in [0.3, 0.4) is 0 Å². The summed E-state index contributed by atoms with van der Waals surface area (Å²) in [6.07, 6.45) is 0. The van der Waals surface area contributed by atoms with Crippen molar-refractivity contribution in [2.24, 2.45) is 0 Å². The van der Waals surface area contributed by atoms with Crippen LogP contribution in [0.2, 0.25) is 0 Å². The molecule has 22 heavy (non-hydrogen) atoms. The number of hydrogen-bond acceptors (Lipinski definition) is 1. The lowest BCUT2D eigenvalue weighted by atomic mass is 9.87. The van der Waals surface area contributed by atoms with E-state index in [1.54, 1.807) is 0 Å². The molecule has 0 aliphatic carbocycles. The number of rotatable bonds is 2. The van der Waals surface area contributed by atoms with Gasteiger partial charge in [-0.2, -0.15) is 0 Å². The molecular formula is C20H26OS. The summed E-state index contributed by atoms with van der Waals surface area (Å²) in [6, 6.07) is 16.3. The number of benzene rings is 2. The van der Waals surface area contributed by atoms with Gasteiger partial charge in [0.05, 0.1) is 10.8 Å². The average Bonchev–Trinajstić information content (AvgIpc) is 2.45. The van der Waals surface area contributed by atoms with Gasteiger partial charge in [-0.25, -0.2) is 4.21 Å². The fourth-order valence-electron chi connectivity index (χ4n) is 2.29. The Kier molecular flexibility index (Phi) is 4.62. The maximum atomic E-state index is 12.9. The summed E-state index contributed by atoms with van der Waals surface area (Å²) in [7, 11) is -1.14. The van der Waals surface area contributed by atoms with Crippen molar-refractivity contribution in [2.45, 2.75) is 62.2 Å². The maximum absolute atomic E-state index is 12.9. The van der Waals surface area contributed by atoms with Gasteiger partial charge in [0.15, 0.2) is 0 Å². The van der Waals surface area contributed by atoms with Crippen molar-refractivity contribution in [1.29, 1.82) is 0 Å². The van der Waals surface area contributed by atoms with Crippen LogP contribution >= 0.6 is 0 Å². The van der Waals surface area contributed by atoms with Gasteiger partial charge in [-0.3, -0.25) is 0 Å². The summed E-state index contributed by atoms with van der Waals surface area (Å²) in [6.45, 7) is 13.1. The molecule has 2 rings (SSSR count). The molecule has 0 heterocycles. The Labute approximate surface area is 137 Å². The molecule has 2 aromatic rings. The first kappa shape index (κ1) is 17.0. The first-order chi connectivity index (χ1) is 10.1. The molecule has 0 unspecified atom stereocenters. The summed E-state index contributed by atoms with van der Waals surface area (Å²) in [5.74, 6) is 0. The van der Waals surface area contributed by atoms with Gasteiger partial charge in [-0.1, -0.05) is 65.8 Å². The predicted octanol–water partition coefficient (Wildman–Crippen LogP) is 5.45. The molecule has 0 aliphatic heterocycles. The summed E-state index contributed by atoms with van der Waals surface area (Å²) < 4.78 is 12.9. The smallest absolute Gasteiger partial charge is 0.0849 e. The van der Waals surface area contributed by atoms with Gasteiger partial charge in [-0.05, 0) is 46.2 Å². The van der Waals surface area contributed by atoms with Gasteiger partial charge >= 0.3 is 0 Å². The second kappa shape index (κ2) is 6.00. The zero-order valence-corrected chi connectivity index (χ0v) is 15.3. The van der Waals surface area contributed by atoms with Crippen molar-refractivity contribution in [1.82, 2.24) is 0 Å². The molecule has 0 radical (unpaired) electrons. The highest BCUT2D eigenvalue weighted by Gasteiger charge is 2.18. The first-order valence-corrected chi connectivity index (χ1v) is 8.87. The van der Waals surface area contributed by atoms with E-state index in [-0.39, 0.29) is 10.8 Å². The van der Waals surface area contributed by atoms with E-state index in [0.29, 0.717) is 0 Å². The van der Waals surface area contributed by atoms with E-state index in [2.05, 4.69) is 65.8 Å². The molecule has 2 aromatic carbocycles. The van der Waals surface area contributed by atoms with E-state index >= 15 is 0 Å². The summed E-state index contributed by atoms with van der Waals surface area (Å²) >= 11 is 0. The molecule has 118 valence electrons. The molecule has 0 saturated heterocycles. The van der Waals surface area contributed by atoms with E-state index in [1.165, 1.54) is 11.1 Å². The molecule has 0 bridgehead atoms. The van der Waals surface area contributed by atoms with Crippen LogP contribution < -0.4 is 0 Å². The summed E-state index contributed by atoms with van der Waals surface area (Å²) in [5.41, 5.74) is 2.55. The van der Waals surface area contributed by atoms with Gasteiger partial charge in [0.1, 0.15) is 0 Å². The highest BCUT2D eigenvalue weighted by atomic mass is 32.2. The van der Waals surface area contributed by atoms with Crippen molar-refractivity contribution in [3.05, 3.63) is 59.7 Å². The van der Waals surface area contributed by atoms with Crippen LogP contribution in [0, 0.1) is 0 Å². The van der Waals surface area contributed by atoms with E-state index in [1.807, 2.05) is 24.3 Å². The Bertz CT molecular complexity index is 628. The Hall–Kier alpha value is -1.41. The molecular weight excluding hydrogens is 288 g/mol. The zero-order chi connectivity index (χ0) is 16.5. The molecule has 2 heteroatoms. The second-order valence-corrected chi connectivity index (χ2v) is 9.30. The molecule has 0 aliphatic rings. The van der Waals surface area contributed by atoms with Crippen molar-refractivity contribution in [2.75, 3.05) is 0 Å². The number of hydrogen-bond donors (Lipinski definition) is 0. The topological polar surface area (TPSA) is 17.1 Å². The van der Waals surface area contributed by atoms with Crippen molar-refractivity contribution in [3.8, 4) is 0 Å². The lowest BCUT2D eigenvalue weighted by molar-refractivity contribution is 0.588. The quantitative estimate of drug-likeness (QED) is 0.720. The SMILES string of the molecule is CC(C)(C)c1cccc(S(=O)c2cccc(C(C)(C)C)c2)c1. The zero-order valence-electron chi connectivity index (χ0n) is 14.4. The van der Waals surface area contributed by atoms with Crippen LogP contribution in [0.1, 0.15) is 52.7 Å². The normalized spacial score (nSPS) is 12.7. The fourth-order valence-corrected chi connectivity index (χ4v) is 3.44. The lowest BCUT2D eigenvalue weighted by Crippen LogP contribution is -2.12. The first-order valence-electron chi connectivity index (χ1n) is 7.72. The Morgan fingerprint density at radius 1 is 0.682 bits per heavy atom. The molecule has 0 saturated carbocycles. The van der Waals surface area contributed by atoms with E-state index in [4.69, 9.17) is 0 Å². The van der Waals surface area contributed by atoms with Crippen LogP contribution in [0.4, 0.5) is 0 Å². The van der Waals surface area contributed by atoms with Crippen molar-refractivity contribution < 1.29 is 4.21 Å². The van der Waals surface area contributed by atoms with E-state index in [0.717, 1.165) is 9.79 Å². The lowest BCUT2D eigenvalue weighted by Gasteiger charge is -2.21. The average molecular weight is 314 g/mol. The molecule has 0 fully saturated rings. The van der Waals surface area contributed by atoms with Gasteiger partial charge in [0, 0.05) is 9.79 Å². The Morgan fingerprint density at radius 3 is 1.36 bits per heavy atom. The van der Waals surface area contributed by atoms with Crippen LogP contribution in [0.15, 0.2) is 58.3 Å². The minimum absolute atomic E-state index is 0.0630. The van der Waals surface area contributed by atoms with Gasteiger partial charge in [-0.15, -0.1) is 0 Å². The van der Waals surface area contributed by atoms with Crippen LogP contribution in [0.5, 0.6) is 0 Å². The third kappa shape index (κ3) is 3.86. The third-order valence-corrected chi connectivity index (χ3v) is 5.19. The van der Waals surface area contributed by atoms with E-state index in [9.17, 15) is 4.21 Å². The van der Waals surface area contributed by atoms with Gasteiger partial charge in [0.25, 0.3) is 0 Å². The second-order valence-electron chi connectivity index (χ2n) is 7.82. The van der Waals surface area contributed by atoms with Crippen LogP contribution in [0.25, 0.3) is 0 Å². The molecule has 0 N–H and O–H groups in total. The monoisotopic (exact) mass is 314 g/mol. The van der Waals surface area contributed by atoms with Crippen molar-refractivity contribution in [3.63, 3.8) is 0 Å². The van der Waals surface area contributed by atoms with Gasteiger partial charge in [0.2, 0.25) is 0 Å². The van der Waals surface area contributed by atoms with Crippen molar-refractivity contribution >= 4 is 10.8 Å². The fraction of sp³-hybridized carbons (Fsp3) is 0.400. The molecule has 1 nitrogen and oxygen atoms in total. The minimum atomic E-state index is -1.14. The largest absolute Gasteiger partial charge is 0.249 e. The molecule has 0 amide bonds. The van der Waals surface area contributed by atoms with Gasteiger partial charge < -0.3 is 0 Å². The molecule has 0 spiro atoms. The Morgan fingerprint density at radius 2 is 1.05 bits per heavy atom. The van der Waals surface area contributed by atoms with Crippen LogP contribution in [-0.4, -0.2) is 4.21 Å². The minimum Gasteiger partial charge on any atom is -0.249 e. The van der Waals surface area contributed by atoms with E-state index < -0.39 is 10.8 Å². The third-order valence-electron chi connectivity index (χ3n) is 3.83. The standard InChI is InChI=1S/C20H26OS/c1-19(2,3)15-9-7-11-17(13-15)22(21)18-12-8-10-16(14-18)20(4,5)6/h7-14H,1-6H3. The summed E-state index contributed by atoms with van der Waals surface area (Å²) in [4.78, 5) is 1.75. The molecule has 0 atom stereocenters. The predicted molar refractivity (Wildman–Crippen MR) is 95.0 cm³/mol. The molecule has 0 aromatic heterocycles. The maximum Gasteiger partial charge on any atom is 0.0849 e. The summed E-state index contributed by atoms with van der Waals surface area (Å²) in [5, 5.41) is 0.